The van der Waals surface area contributed by atoms with E-state index in [0.717, 1.165) is 12.2 Å². The van der Waals surface area contributed by atoms with Crippen LogP contribution < -0.4 is 0 Å². The van der Waals surface area contributed by atoms with Gasteiger partial charge in [-0.2, -0.15) is 0 Å². The summed E-state index contributed by atoms with van der Waals surface area (Å²) in [7, 11) is -1.22. The highest BCUT2D eigenvalue weighted by atomic mass is 28.3. The van der Waals surface area contributed by atoms with Gasteiger partial charge < -0.3 is 9.84 Å². The molecule has 0 heterocycles. The van der Waals surface area contributed by atoms with Crippen LogP contribution in [0, 0.1) is 11.5 Å². The lowest BCUT2D eigenvalue weighted by molar-refractivity contribution is 0.216. The van der Waals surface area contributed by atoms with Gasteiger partial charge in [-0.05, 0) is 13.0 Å². The Morgan fingerprint density at radius 2 is 2.07 bits per heavy atom. The van der Waals surface area contributed by atoms with E-state index in [1.165, 1.54) is 0 Å². The Morgan fingerprint density at radius 1 is 1.43 bits per heavy atom. The van der Waals surface area contributed by atoms with E-state index in [1.807, 2.05) is 6.92 Å². The first-order valence-corrected chi connectivity index (χ1v) is 8.36. The van der Waals surface area contributed by atoms with Gasteiger partial charge in [0.05, 0.1) is 19.0 Å². The number of allylic oxidation sites excluding steroid dienone is 1. The molecular weight excluding hydrogens is 192 g/mol. The molecule has 0 fully saturated rings. The largest absolute Gasteiger partial charge is 0.497 e. The van der Waals surface area contributed by atoms with E-state index >= 15 is 0 Å². The number of hydrogen-bond acceptors (Lipinski definition) is 2. The highest BCUT2D eigenvalue weighted by molar-refractivity contribution is 6.83. The summed E-state index contributed by atoms with van der Waals surface area (Å²) in [5.41, 5.74) is 3.27. The first-order valence-electron chi connectivity index (χ1n) is 4.86. The smallest absolute Gasteiger partial charge is 0.129 e. The third-order valence-electron chi connectivity index (χ3n) is 1.40. The highest BCUT2D eigenvalue weighted by Crippen LogP contribution is 1.98. The summed E-state index contributed by atoms with van der Waals surface area (Å²) in [5, 5.41) is 8.57. The topological polar surface area (TPSA) is 29.5 Å². The van der Waals surface area contributed by atoms with Crippen LogP contribution in [0.15, 0.2) is 11.8 Å². The van der Waals surface area contributed by atoms with E-state index in [4.69, 9.17) is 9.84 Å². The molecule has 0 radical (unpaired) electrons. The monoisotopic (exact) mass is 212 g/mol. The van der Waals surface area contributed by atoms with Crippen LogP contribution in [0.3, 0.4) is 0 Å². The fourth-order valence-electron chi connectivity index (χ4n) is 0.778. The van der Waals surface area contributed by atoms with Crippen molar-refractivity contribution in [2.24, 2.45) is 0 Å². The lowest BCUT2D eigenvalue weighted by Crippen LogP contribution is -2.16. The van der Waals surface area contributed by atoms with E-state index in [-0.39, 0.29) is 6.61 Å². The summed E-state index contributed by atoms with van der Waals surface area (Å²) in [6.07, 6.45) is 2.41. The van der Waals surface area contributed by atoms with Crippen LogP contribution in [0.5, 0.6) is 0 Å². The van der Waals surface area contributed by atoms with Gasteiger partial charge in [-0.3, -0.25) is 0 Å². The Bertz CT molecular complexity index is 240. The number of aliphatic hydroxyl groups excluding tert-OH is 1. The van der Waals surface area contributed by atoms with Crippen molar-refractivity contribution in [3.63, 3.8) is 0 Å². The van der Waals surface area contributed by atoms with Gasteiger partial charge in [0.15, 0.2) is 0 Å². The Labute approximate surface area is 88.0 Å². The van der Waals surface area contributed by atoms with Crippen molar-refractivity contribution >= 4 is 8.07 Å². The second-order valence-electron chi connectivity index (χ2n) is 4.15. The fourth-order valence-corrected chi connectivity index (χ4v) is 1.43. The molecule has 0 aromatic rings. The minimum atomic E-state index is -1.22. The Morgan fingerprint density at radius 3 is 2.57 bits per heavy atom. The molecular formula is C11H20O2Si. The molecule has 0 bridgehead atoms. The summed E-state index contributed by atoms with van der Waals surface area (Å²) in [6.45, 7) is 9.14. The van der Waals surface area contributed by atoms with Crippen LogP contribution >= 0.6 is 0 Å². The lowest BCUT2D eigenvalue weighted by Gasteiger charge is -2.04. The van der Waals surface area contributed by atoms with Crippen LogP contribution in [-0.2, 0) is 4.74 Å². The SMILES string of the molecule is C/C(=C\CO)OCCC#C[Si](C)(C)C. The molecule has 0 unspecified atom stereocenters. The number of aliphatic hydroxyl groups is 1. The Balaban J connectivity index is 3.65. The van der Waals surface area contributed by atoms with Gasteiger partial charge >= 0.3 is 0 Å². The Hall–Kier alpha value is -0.723. The van der Waals surface area contributed by atoms with Gasteiger partial charge in [0.25, 0.3) is 0 Å². The molecule has 3 heteroatoms. The van der Waals surface area contributed by atoms with E-state index in [2.05, 4.69) is 31.1 Å². The molecule has 0 aliphatic rings. The molecule has 0 rings (SSSR count). The van der Waals surface area contributed by atoms with Gasteiger partial charge in [-0.25, -0.2) is 0 Å². The van der Waals surface area contributed by atoms with E-state index in [1.54, 1.807) is 6.08 Å². The van der Waals surface area contributed by atoms with Crippen molar-refractivity contribution in [3.05, 3.63) is 11.8 Å². The molecule has 0 aromatic heterocycles. The molecule has 0 saturated heterocycles. The summed E-state index contributed by atoms with van der Waals surface area (Å²) in [6, 6.07) is 0. The molecule has 0 amide bonds. The van der Waals surface area contributed by atoms with Crippen molar-refractivity contribution in [2.45, 2.75) is 33.0 Å². The molecule has 1 N–H and O–H groups in total. The standard InChI is InChI=1S/C11H20O2Si/c1-11(7-8-12)13-9-5-6-10-14(2,3)4/h7,12H,5,8-9H2,1-4H3/b11-7+. The van der Waals surface area contributed by atoms with E-state index in [0.29, 0.717) is 6.61 Å². The van der Waals surface area contributed by atoms with E-state index in [9.17, 15) is 0 Å². The molecule has 0 aromatic carbocycles. The van der Waals surface area contributed by atoms with Gasteiger partial charge in [0, 0.05) is 6.42 Å². The van der Waals surface area contributed by atoms with Crippen molar-refractivity contribution in [1.82, 2.24) is 0 Å². The second-order valence-corrected chi connectivity index (χ2v) is 8.90. The molecule has 2 nitrogen and oxygen atoms in total. The molecule has 0 atom stereocenters. The van der Waals surface area contributed by atoms with Gasteiger partial charge in [-0.15, -0.1) is 11.5 Å². The molecule has 0 aliphatic heterocycles. The average molecular weight is 212 g/mol. The first kappa shape index (κ1) is 13.3. The van der Waals surface area contributed by atoms with Gasteiger partial charge in [-0.1, -0.05) is 19.6 Å². The van der Waals surface area contributed by atoms with Crippen molar-refractivity contribution < 1.29 is 9.84 Å². The zero-order valence-corrected chi connectivity index (χ0v) is 10.6. The van der Waals surface area contributed by atoms with Crippen molar-refractivity contribution in [3.8, 4) is 11.5 Å². The molecule has 0 aliphatic carbocycles. The van der Waals surface area contributed by atoms with Crippen LogP contribution in [0.4, 0.5) is 0 Å². The van der Waals surface area contributed by atoms with Crippen LogP contribution in [-0.4, -0.2) is 26.4 Å². The predicted molar refractivity (Wildman–Crippen MR) is 62.5 cm³/mol. The van der Waals surface area contributed by atoms with Crippen LogP contribution in [0.1, 0.15) is 13.3 Å². The van der Waals surface area contributed by atoms with Crippen molar-refractivity contribution in [2.75, 3.05) is 13.2 Å². The number of hydrogen-bond donors (Lipinski definition) is 1. The summed E-state index contributed by atoms with van der Waals surface area (Å²) in [5.74, 6) is 3.89. The molecule has 80 valence electrons. The summed E-state index contributed by atoms with van der Waals surface area (Å²) in [4.78, 5) is 0. The maximum absolute atomic E-state index is 8.57. The molecule has 0 spiro atoms. The summed E-state index contributed by atoms with van der Waals surface area (Å²) < 4.78 is 5.31. The Kier molecular flexibility index (Phi) is 6.34. The number of ether oxygens (including phenoxy) is 1. The van der Waals surface area contributed by atoms with Gasteiger partial charge in [0.1, 0.15) is 8.07 Å². The fraction of sp³-hybridized carbons (Fsp3) is 0.636. The van der Waals surface area contributed by atoms with Gasteiger partial charge in [0.2, 0.25) is 0 Å². The normalized spacial score (nSPS) is 11.9. The second kappa shape index (κ2) is 6.69. The van der Waals surface area contributed by atoms with Crippen LogP contribution in [0.25, 0.3) is 0 Å². The average Bonchev–Trinajstić information content (AvgIpc) is 2.02. The third-order valence-corrected chi connectivity index (χ3v) is 2.33. The van der Waals surface area contributed by atoms with Crippen LogP contribution in [0.2, 0.25) is 19.6 Å². The van der Waals surface area contributed by atoms with Crippen molar-refractivity contribution in [1.29, 1.82) is 0 Å². The number of rotatable bonds is 4. The summed E-state index contributed by atoms with van der Waals surface area (Å²) >= 11 is 0. The van der Waals surface area contributed by atoms with E-state index < -0.39 is 8.07 Å². The lowest BCUT2D eigenvalue weighted by atomic mass is 10.4. The zero-order valence-electron chi connectivity index (χ0n) is 9.55. The maximum Gasteiger partial charge on any atom is 0.129 e. The minimum Gasteiger partial charge on any atom is -0.497 e. The maximum atomic E-state index is 8.57. The minimum absolute atomic E-state index is 0.0341. The third kappa shape index (κ3) is 9.37. The first-order chi connectivity index (χ1) is 6.45. The predicted octanol–water partition coefficient (Wildman–Crippen LogP) is 2.17. The molecule has 0 saturated carbocycles. The highest BCUT2D eigenvalue weighted by Gasteiger charge is 2.06. The quantitative estimate of drug-likeness (QED) is 0.335. The zero-order chi connectivity index (χ0) is 11.0. The molecule has 14 heavy (non-hydrogen) atoms.